The minimum Gasteiger partial charge on any atom is -0.352 e. The first-order chi connectivity index (χ1) is 11.3. The second-order valence-corrected chi connectivity index (χ2v) is 6.98. The van der Waals surface area contributed by atoms with Gasteiger partial charge in [-0.15, -0.1) is 24.8 Å². The number of likely N-dealkylation sites (tertiary alicyclic amines) is 1. The third kappa shape index (κ3) is 7.53. The molecule has 6 heteroatoms. The Hall–Kier alpha value is -0.810. The van der Waals surface area contributed by atoms with Crippen molar-refractivity contribution in [3.8, 4) is 0 Å². The maximum atomic E-state index is 12.0. The Bertz CT molecular complexity index is 515. The van der Waals surface area contributed by atoms with E-state index in [-0.39, 0.29) is 30.7 Å². The first-order valence-corrected chi connectivity index (χ1v) is 9.07. The molecule has 1 amide bonds. The molecule has 2 heterocycles. The van der Waals surface area contributed by atoms with Crippen molar-refractivity contribution >= 4 is 30.7 Å². The van der Waals surface area contributed by atoms with Gasteiger partial charge < -0.3 is 10.6 Å². The number of carbonyl (C=O) groups is 1. The summed E-state index contributed by atoms with van der Waals surface area (Å²) in [7, 11) is 0. The summed E-state index contributed by atoms with van der Waals surface area (Å²) in [4.78, 5) is 14.5. The molecule has 142 valence electrons. The second-order valence-electron chi connectivity index (χ2n) is 6.98. The molecular weight excluding hydrogens is 357 g/mol. The van der Waals surface area contributed by atoms with Crippen molar-refractivity contribution in [1.82, 2.24) is 15.5 Å². The lowest BCUT2D eigenvalue weighted by molar-refractivity contribution is -0.121. The number of carbonyl (C=O) groups excluding carboxylic acids is 1. The zero-order valence-corrected chi connectivity index (χ0v) is 16.5. The van der Waals surface area contributed by atoms with Gasteiger partial charge in [0.2, 0.25) is 5.91 Å². The average molecular weight is 388 g/mol. The molecule has 0 radical (unpaired) electrons. The van der Waals surface area contributed by atoms with Crippen LogP contribution in [0.15, 0.2) is 24.3 Å². The van der Waals surface area contributed by atoms with Crippen LogP contribution >= 0.6 is 24.8 Å². The van der Waals surface area contributed by atoms with Gasteiger partial charge >= 0.3 is 0 Å². The van der Waals surface area contributed by atoms with Crippen LogP contribution in [0.4, 0.5) is 0 Å². The zero-order valence-electron chi connectivity index (χ0n) is 14.8. The Morgan fingerprint density at radius 3 is 2.68 bits per heavy atom. The van der Waals surface area contributed by atoms with Gasteiger partial charge in [-0.2, -0.15) is 0 Å². The van der Waals surface area contributed by atoms with Crippen LogP contribution in [0, 0.1) is 5.92 Å². The molecule has 2 aliphatic heterocycles. The lowest BCUT2D eigenvalue weighted by Crippen LogP contribution is -2.23. The first kappa shape index (κ1) is 22.2. The molecule has 4 nitrogen and oxygen atoms in total. The van der Waals surface area contributed by atoms with E-state index in [4.69, 9.17) is 0 Å². The van der Waals surface area contributed by atoms with Gasteiger partial charge in [-0.25, -0.2) is 0 Å². The van der Waals surface area contributed by atoms with E-state index >= 15 is 0 Å². The number of halogens is 2. The van der Waals surface area contributed by atoms with E-state index in [0.717, 1.165) is 26.1 Å². The van der Waals surface area contributed by atoms with Gasteiger partial charge in [-0.1, -0.05) is 24.3 Å². The fourth-order valence-corrected chi connectivity index (χ4v) is 3.62. The number of amides is 1. The Kier molecular flexibility index (Phi) is 10.4. The highest BCUT2D eigenvalue weighted by Crippen LogP contribution is 2.15. The summed E-state index contributed by atoms with van der Waals surface area (Å²) in [5.74, 6) is 0.867. The average Bonchev–Trinajstić information content (AvgIpc) is 3.25. The monoisotopic (exact) mass is 387 g/mol. The molecule has 1 atom stereocenters. The van der Waals surface area contributed by atoms with E-state index in [0.29, 0.717) is 18.9 Å². The van der Waals surface area contributed by atoms with E-state index in [2.05, 4.69) is 39.8 Å². The van der Waals surface area contributed by atoms with Gasteiger partial charge in [0.15, 0.2) is 0 Å². The molecule has 1 aromatic carbocycles. The minimum absolute atomic E-state index is 0. The smallest absolute Gasteiger partial charge is 0.220 e. The SMILES string of the molecule is Cl.Cl.O=C(CCC1CCNC1)NCc1cccc(CN2CCCC2)c1. The number of hydrogen-bond donors (Lipinski definition) is 2. The van der Waals surface area contributed by atoms with Crippen LogP contribution in [-0.2, 0) is 17.9 Å². The fraction of sp³-hybridized carbons (Fsp3) is 0.632. The van der Waals surface area contributed by atoms with Gasteiger partial charge in [0, 0.05) is 19.5 Å². The van der Waals surface area contributed by atoms with Crippen molar-refractivity contribution in [1.29, 1.82) is 0 Å². The highest BCUT2D eigenvalue weighted by Gasteiger charge is 2.15. The van der Waals surface area contributed by atoms with Gasteiger partial charge in [0.1, 0.15) is 0 Å². The number of rotatable bonds is 7. The minimum atomic E-state index is 0. The molecular formula is C19H31Cl2N3O. The van der Waals surface area contributed by atoms with Crippen molar-refractivity contribution in [2.75, 3.05) is 26.2 Å². The fourth-order valence-electron chi connectivity index (χ4n) is 3.62. The number of benzene rings is 1. The molecule has 0 saturated carbocycles. The number of nitrogens with zero attached hydrogens (tertiary/aromatic N) is 1. The van der Waals surface area contributed by atoms with E-state index in [1.807, 2.05) is 0 Å². The first-order valence-electron chi connectivity index (χ1n) is 9.07. The summed E-state index contributed by atoms with van der Waals surface area (Å²) in [6.45, 7) is 6.31. The van der Waals surface area contributed by atoms with Gasteiger partial charge in [-0.3, -0.25) is 9.69 Å². The van der Waals surface area contributed by atoms with E-state index in [1.165, 1.54) is 43.5 Å². The van der Waals surface area contributed by atoms with Crippen LogP contribution in [0.25, 0.3) is 0 Å². The standard InChI is InChI=1S/C19H29N3O.2ClH/c23-19(7-6-16-8-9-20-13-16)21-14-17-4-3-5-18(12-17)15-22-10-1-2-11-22;;/h3-5,12,16,20H,1-2,6-11,13-15H2,(H,21,23);2*1H. The molecule has 2 N–H and O–H groups in total. The van der Waals surface area contributed by atoms with Crippen molar-refractivity contribution < 1.29 is 4.79 Å². The number of nitrogens with one attached hydrogen (secondary N) is 2. The van der Waals surface area contributed by atoms with Crippen LogP contribution in [0.2, 0.25) is 0 Å². The maximum absolute atomic E-state index is 12.0. The Labute approximate surface area is 163 Å². The summed E-state index contributed by atoms with van der Waals surface area (Å²) in [5.41, 5.74) is 2.56. The third-order valence-corrected chi connectivity index (χ3v) is 5.03. The van der Waals surface area contributed by atoms with Crippen LogP contribution in [-0.4, -0.2) is 37.0 Å². The van der Waals surface area contributed by atoms with Gasteiger partial charge in [-0.05, 0) is 68.9 Å². The molecule has 2 fully saturated rings. The lowest BCUT2D eigenvalue weighted by atomic mass is 10.0. The molecule has 1 unspecified atom stereocenters. The van der Waals surface area contributed by atoms with Gasteiger partial charge in [0.25, 0.3) is 0 Å². The molecule has 0 aromatic heterocycles. The molecule has 3 rings (SSSR count). The van der Waals surface area contributed by atoms with Crippen molar-refractivity contribution in [2.24, 2.45) is 5.92 Å². The van der Waals surface area contributed by atoms with Crippen molar-refractivity contribution in [3.05, 3.63) is 35.4 Å². The Morgan fingerprint density at radius 2 is 1.96 bits per heavy atom. The van der Waals surface area contributed by atoms with Crippen LogP contribution in [0.5, 0.6) is 0 Å². The predicted molar refractivity (Wildman–Crippen MR) is 108 cm³/mol. The Morgan fingerprint density at radius 1 is 1.20 bits per heavy atom. The second kappa shape index (κ2) is 11.7. The molecule has 0 bridgehead atoms. The molecule has 25 heavy (non-hydrogen) atoms. The molecule has 1 aromatic rings. The highest BCUT2D eigenvalue weighted by atomic mass is 35.5. The normalized spacial score (nSPS) is 19.9. The summed E-state index contributed by atoms with van der Waals surface area (Å²) < 4.78 is 0. The highest BCUT2D eigenvalue weighted by molar-refractivity contribution is 5.85. The molecule has 0 spiro atoms. The number of hydrogen-bond acceptors (Lipinski definition) is 3. The van der Waals surface area contributed by atoms with Crippen molar-refractivity contribution in [3.63, 3.8) is 0 Å². The predicted octanol–water partition coefficient (Wildman–Crippen LogP) is 3.13. The molecule has 0 aliphatic carbocycles. The van der Waals surface area contributed by atoms with Gasteiger partial charge in [0.05, 0.1) is 0 Å². The van der Waals surface area contributed by atoms with E-state index < -0.39 is 0 Å². The topological polar surface area (TPSA) is 44.4 Å². The van der Waals surface area contributed by atoms with Crippen LogP contribution < -0.4 is 10.6 Å². The molecule has 2 aliphatic rings. The van der Waals surface area contributed by atoms with Crippen molar-refractivity contribution in [2.45, 2.75) is 45.2 Å². The van der Waals surface area contributed by atoms with E-state index in [1.54, 1.807) is 0 Å². The zero-order chi connectivity index (χ0) is 15.9. The largest absolute Gasteiger partial charge is 0.352 e. The summed E-state index contributed by atoms with van der Waals surface area (Å²) >= 11 is 0. The maximum Gasteiger partial charge on any atom is 0.220 e. The molecule has 2 saturated heterocycles. The summed E-state index contributed by atoms with van der Waals surface area (Å²) in [6, 6.07) is 8.64. The van der Waals surface area contributed by atoms with Crippen LogP contribution in [0.1, 0.15) is 43.2 Å². The summed E-state index contributed by atoms with van der Waals surface area (Å²) in [5, 5.41) is 6.42. The third-order valence-electron chi connectivity index (χ3n) is 5.03. The Balaban J connectivity index is 0.00000156. The quantitative estimate of drug-likeness (QED) is 0.755. The summed E-state index contributed by atoms with van der Waals surface area (Å²) in [6.07, 6.45) is 5.53. The van der Waals surface area contributed by atoms with Crippen LogP contribution in [0.3, 0.4) is 0 Å². The van der Waals surface area contributed by atoms with E-state index in [9.17, 15) is 4.79 Å². The lowest BCUT2D eigenvalue weighted by Gasteiger charge is -2.15.